The number of amides is 2. The third-order valence-electron chi connectivity index (χ3n) is 6.00. The van der Waals surface area contributed by atoms with E-state index in [0.29, 0.717) is 29.7 Å². The molecule has 1 aromatic carbocycles. The predicted octanol–water partition coefficient (Wildman–Crippen LogP) is 4.47. The first-order valence-corrected chi connectivity index (χ1v) is 11.8. The highest BCUT2D eigenvalue weighted by Gasteiger charge is 2.39. The average molecular weight is 470 g/mol. The molecule has 2 atom stereocenters. The normalized spacial score (nSPS) is 21.3. The number of benzene rings is 1. The summed E-state index contributed by atoms with van der Waals surface area (Å²) in [6.45, 7) is 11.2. The topological polar surface area (TPSA) is 53.1 Å². The van der Waals surface area contributed by atoms with Crippen molar-refractivity contribution in [3.63, 3.8) is 0 Å². The van der Waals surface area contributed by atoms with E-state index < -0.39 is 5.60 Å². The van der Waals surface area contributed by atoms with Crippen molar-refractivity contribution in [3.05, 3.63) is 33.8 Å². The first-order valence-electron chi connectivity index (χ1n) is 11.0. The zero-order valence-electron chi connectivity index (χ0n) is 18.9. The van der Waals surface area contributed by atoms with Gasteiger partial charge in [-0.1, -0.05) is 29.3 Å². The maximum absolute atomic E-state index is 13.3. The Morgan fingerprint density at radius 2 is 1.77 bits per heavy atom. The molecule has 2 aliphatic rings. The van der Waals surface area contributed by atoms with Crippen LogP contribution in [0.1, 0.15) is 46.1 Å². The lowest BCUT2D eigenvalue weighted by Gasteiger charge is -2.46. The zero-order chi connectivity index (χ0) is 22.8. The highest BCUT2D eigenvalue weighted by molar-refractivity contribution is 6.42. The van der Waals surface area contributed by atoms with Gasteiger partial charge in [-0.3, -0.25) is 9.69 Å². The number of hydrogen-bond donors (Lipinski definition) is 0. The van der Waals surface area contributed by atoms with Gasteiger partial charge in [0, 0.05) is 25.7 Å². The Hall–Kier alpha value is -1.50. The summed E-state index contributed by atoms with van der Waals surface area (Å²) in [4.78, 5) is 32.1. The molecule has 8 heteroatoms. The molecular formula is C23H33Cl2N3O3. The number of rotatable bonds is 4. The van der Waals surface area contributed by atoms with E-state index in [4.69, 9.17) is 27.9 Å². The van der Waals surface area contributed by atoms with Gasteiger partial charge in [0.05, 0.1) is 22.5 Å². The maximum Gasteiger partial charge on any atom is 0.410 e. The molecule has 0 aromatic heterocycles. The molecule has 0 radical (unpaired) electrons. The minimum Gasteiger partial charge on any atom is -0.444 e. The van der Waals surface area contributed by atoms with Crippen LogP contribution in [-0.4, -0.2) is 77.1 Å². The highest BCUT2D eigenvalue weighted by atomic mass is 35.5. The average Bonchev–Trinajstić information content (AvgIpc) is 3.23. The zero-order valence-corrected chi connectivity index (χ0v) is 20.4. The van der Waals surface area contributed by atoms with Gasteiger partial charge < -0.3 is 14.5 Å². The van der Waals surface area contributed by atoms with E-state index in [0.717, 1.165) is 18.7 Å². The molecule has 2 amide bonds. The second kappa shape index (κ2) is 9.97. The molecule has 31 heavy (non-hydrogen) atoms. The Kier molecular flexibility index (Phi) is 7.76. The van der Waals surface area contributed by atoms with E-state index in [9.17, 15) is 9.59 Å². The molecule has 0 aliphatic carbocycles. The summed E-state index contributed by atoms with van der Waals surface area (Å²) < 4.78 is 5.59. The molecular weight excluding hydrogens is 437 g/mol. The lowest BCUT2D eigenvalue weighted by molar-refractivity contribution is -0.137. The molecule has 2 aliphatic heterocycles. The van der Waals surface area contributed by atoms with Crippen molar-refractivity contribution in [3.8, 4) is 0 Å². The minimum atomic E-state index is -0.548. The van der Waals surface area contributed by atoms with Crippen molar-refractivity contribution in [2.75, 3.05) is 32.7 Å². The van der Waals surface area contributed by atoms with Crippen molar-refractivity contribution in [2.24, 2.45) is 0 Å². The van der Waals surface area contributed by atoms with Gasteiger partial charge >= 0.3 is 6.09 Å². The van der Waals surface area contributed by atoms with Crippen molar-refractivity contribution < 1.29 is 14.3 Å². The molecule has 0 bridgehead atoms. The van der Waals surface area contributed by atoms with E-state index in [-0.39, 0.29) is 30.5 Å². The second-order valence-corrected chi connectivity index (χ2v) is 10.3. The van der Waals surface area contributed by atoms with Crippen LogP contribution < -0.4 is 0 Å². The Balaban J connectivity index is 1.76. The number of ether oxygens (including phenoxy) is 1. The Morgan fingerprint density at radius 3 is 2.39 bits per heavy atom. The first-order chi connectivity index (χ1) is 14.5. The summed E-state index contributed by atoms with van der Waals surface area (Å²) in [6, 6.07) is 5.37. The third-order valence-corrected chi connectivity index (χ3v) is 6.74. The van der Waals surface area contributed by atoms with E-state index >= 15 is 0 Å². The SMILES string of the molecule is C[C@@H]([C@H]1CN(C(=O)OC(C)(C)C)CCN1C(=O)Cc1ccc(Cl)c(Cl)c1)N1CCCC1. The van der Waals surface area contributed by atoms with Crippen molar-refractivity contribution in [1.29, 1.82) is 0 Å². The summed E-state index contributed by atoms with van der Waals surface area (Å²) in [5.41, 5.74) is 0.287. The van der Waals surface area contributed by atoms with Crippen LogP contribution in [0.3, 0.4) is 0 Å². The van der Waals surface area contributed by atoms with Crippen LogP contribution in [0.15, 0.2) is 18.2 Å². The standard InChI is InChI=1S/C23H33Cl2N3O3/c1-16(26-9-5-6-10-26)20-15-27(22(30)31-23(2,3)4)11-12-28(20)21(29)14-17-7-8-18(24)19(25)13-17/h7-8,13,16,20H,5-6,9-12,14-15H2,1-4H3/t16-,20+/m0/s1. The number of carbonyl (C=O) groups is 2. The number of likely N-dealkylation sites (tertiary alicyclic amines) is 1. The fourth-order valence-corrected chi connectivity index (χ4v) is 4.66. The van der Waals surface area contributed by atoms with Gasteiger partial charge in [0.2, 0.25) is 5.91 Å². The lowest BCUT2D eigenvalue weighted by atomic mass is 10.0. The van der Waals surface area contributed by atoms with Gasteiger partial charge in [-0.05, 0) is 71.3 Å². The second-order valence-electron chi connectivity index (χ2n) is 9.49. The number of carbonyl (C=O) groups excluding carboxylic acids is 2. The first kappa shape index (κ1) is 24.1. The Labute approximate surface area is 195 Å². The molecule has 0 spiro atoms. The van der Waals surface area contributed by atoms with Gasteiger partial charge in [-0.2, -0.15) is 0 Å². The van der Waals surface area contributed by atoms with Gasteiger partial charge in [-0.15, -0.1) is 0 Å². The van der Waals surface area contributed by atoms with Crippen LogP contribution in [0.5, 0.6) is 0 Å². The molecule has 0 N–H and O–H groups in total. The van der Waals surface area contributed by atoms with Crippen molar-refractivity contribution >= 4 is 35.2 Å². The summed E-state index contributed by atoms with van der Waals surface area (Å²) in [5.74, 6) is 0.0401. The van der Waals surface area contributed by atoms with Crippen LogP contribution in [-0.2, 0) is 16.0 Å². The molecule has 172 valence electrons. The van der Waals surface area contributed by atoms with Crippen LogP contribution in [0, 0.1) is 0 Å². The van der Waals surface area contributed by atoms with E-state index in [1.54, 1.807) is 17.0 Å². The molecule has 6 nitrogen and oxygen atoms in total. The predicted molar refractivity (Wildman–Crippen MR) is 124 cm³/mol. The van der Waals surface area contributed by atoms with E-state index in [1.165, 1.54) is 12.8 Å². The lowest BCUT2D eigenvalue weighted by Crippen LogP contribution is -2.63. The number of halogens is 2. The Bertz CT molecular complexity index is 806. The minimum absolute atomic E-state index is 0.0401. The summed E-state index contributed by atoms with van der Waals surface area (Å²) in [6.07, 6.45) is 2.28. The summed E-state index contributed by atoms with van der Waals surface area (Å²) >= 11 is 12.1. The van der Waals surface area contributed by atoms with E-state index in [1.807, 2.05) is 31.7 Å². The quantitative estimate of drug-likeness (QED) is 0.652. The summed E-state index contributed by atoms with van der Waals surface area (Å²) in [5, 5.41) is 0.924. The van der Waals surface area contributed by atoms with Gasteiger partial charge in [0.25, 0.3) is 0 Å². The highest BCUT2D eigenvalue weighted by Crippen LogP contribution is 2.25. The molecule has 3 rings (SSSR count). The fraction of sp³-hybridized carbons (Fsp3) is 0.652. The molecule has 0 saturated carbocycles. The number of piperazine rings is 1. The maximum atomic E-state index is 13.3. The van der Waals surface area contributed by atoms with Gasteiger partial charge in [0.1, 0.15) is 5.60 Å². The molecule has 2 fully saturated rings. The number of nitrogens with zero attached hydrogens (tertiary/aromatic N) is 3. The van der Waals surface area contributed by atoms with Gasteiger partial charge in [-0.25, -0.2) is 4.79 Å². The third kappa shape index (κ3) is 6.27. The Morgan fingerprint density at radius 1 is 1.10 bits per heavy atom. The smallest absolute Gasteiger partial charge is 0.410 e. The largest absolute Gasteiger partial charge is 0.444 e. The van der Waals surface area contributed by atoms with Crippen LogP contribution in [0.2, 0.25) is 10.0 Å². The molecule has 1 aromatic rings. The van der Waals surface area contributed by atoms with Crippen LogP contribution in [0.4, 0.5) is 4.79 Å². The summed E-state index contributed by atoms with van der Waals surface area (Å²) in [7, 11) is 0. The number of hydrogen-bond acceptors (Lipinski definition) is 4. The molecule has 2 heterocycles. The monoisotopic (exact) mass is 469 g/mol. The fourth-order valence-electron chi connectivity index (χ4n) is 4.34. The van der Waals surface area contributed by atoms with Gasteiger partial charge in [0.15, 0.2) is 0 Å². The van der Waals surface area contributed by atoms with Crippen molar-refractivity contribution in [2.45, 2.75) is 64.6 Å². The van der Waals surface area contributed by atoms with Crippen molar-refractivity contribution in [1.82, 2.24) is 14.7 Å². The van der Waals surface area contributed by atoms with Crippen LogP contribution >= 0.6 is 23.2 Å². The molecule has 2 saturated heterocycles. The van der Waals surface area contributed by atoms with E-state index in [2.05, 4.69) is 11.8 Å². The molecule has 0 unspecified atom stereocenters. The van der Waals surface area contributed by atoms with Crippen LogP contribution in [0.25, 0.3) is 0 Å².